The molecule has 2 fully saturated rings. The average molecular weight is 238 g/mol. The van der Waals surface area contributed by atoms with Crippen LogP contribution in [0.4, 0.5) is 0 Å². The predicted octanol–water partition coefficient (Wildman–Crippen LogP) is 2.37. The van der Waals surface area contributed by atoms with E-state index in [9.17, 15) is 4.79 Å². The second-order valence-electron chi connectivity index (χ2n) is 5.95. The fraction of sp³-hybridized carbons (Fsp3) is 0.929. The van der Waals surface area contributed by atoms with Crippen LogP contribution in [0.2, 0.25) is 0 Å². The van der Waals surface area contributed by atoms with Gasteiger partial charge in [-0.1, -0.05) is 46.0 Å². The minimum atomic E-state index is 0.270. The molecule has 1 amide bonds. The normalized spacial score (nSPS) is 27.1. The van der Waals surface area contributed by atoms with Crippen LogP contribution >= 0.6 is 0 Å². The smallest absolute Gasteiger partial charge is 0.237 e. The quantitative estimate of drug-likeness (QED) is 0.815. The third-order valence-corrected chi connectivity index (χ3v) is 4.25. The van der Waals surface area contributed by atoms with Gasteiger partial charge in [0.2, 0.25) is 5.91 Å². The minimum Gasteiger partial charge on any atom is -0.326 e. The van der Waals surface area contributed by atoms with Gasteiger partial charge in [-0.15, -0.1) is 0 Å². The first-order valence-corrected chi connectivity index (χ1v) is 7.21. The van der Waals surface area contributed by atoms with Gasteiger partial charge in [-0.05, 0) is 18.3 Å². The molecule has 1 atom stereocenters. The molecule has 0 bridgehead atoms. The number of amides is 1. The largest absolute Gasteiger partial charge is 0.326 e. The van der Waals surface area contributed by atoms with Crippen molar-refractivity contribution in [2.24, 2.45) is 11.8 Å². The molecule has 1 aliphatic heterocycles. The zero-order valence-corrected chi connectivity index (χ0v) is 11.2. The molecule has 1 unspecified atom stereocenters. The van der Waals surface area contributed by atoms with Crippen molar-refractivity contribution in [3.8, 4) is 0 Å². The maximum atomic E-state index is 11.8. The minimum absolute atomic E-state index is 0.270. The highest BCUT2D eigenvalue weighted by Gasteiger charge is 2.32. The molecule has 17 heavy (non-hydrogen) atoms. The van der Waals surface area contributed by atoms with Crippen molar-refractivity contribution in [3.63, 3.8) is 0 Å². The standard InChI is InChI=1S/C14H26N2O/c1-11(2)14-15-10-13(17)16(14)9-8-12-6-4-3-5-7-12/h11-12,14-15H,3-10H2,1-2H3. The Hall–Kier alpha value is -0.570. The van der Waals surface area contributed by atoms with Crippen molar-refractivity contribution in [3.05, 3.63) is 0 Å². The molecule has 3 nitrogen and oxygen atoms in total. The number of carbonyl (C=O) groups is 1. The fourth-order valence-corrected chi connectivity index (χ4v) is 3.22. The fourth-order valence-electron chi connectivity index (χ4n) is 3.22. The summed E-state index contributed by atoms with van der Waals surface area (Å²) < 4.78 is 0. The molecule has 1 saturated carbocycles. The highest BCUT2D eigenvalue weighted by molar-refractivity contribution is 5.80. The van der Waals surface area contributed by atoms with Crippen LogP contribution in [-0.2, 0) is 4.79 Å². The molecular weight excluding hydrogens is 212 g/mol. The Labute approximate surface area is 105 Å². The summed E-state index contributed by atoms with van der Waals surface area (Å²) in [4.78, 5) is 13.9. The molecular formula is C14H26N2O. The number of nitrogens with zero attached hydrogens (tertiary/aromatic N) is 1. The van der Waals surface area contributed by atoms with Crippen LogP contribution in [-0.4, -0.2) is 30.1 Å². The Morgan fingerprint density at radius 1 is 1.29 bits per heavy atom. The lowest BCUT2D eigenvalue weighted by Gasteiger charge is -2.30. The second-order valence-corrected chi connectivity index (χ2v) is 5.95. The van der Waals surface area contributed by atoms with Crippen molar-refractivity contribution in [2.45, 2.75) is 58.5 Å². The van der Waals surface area contributed by atoms with E-state index in [0.29, 0.717) is 18.4 Å². The zero-order valence-electron chi connectivity index (χ0n) is 11.2. The number of rotatable bonds is 4. The SMILES string of the molecule is CC(C)C1NCC(=O)N1CCC1CCCCC1. The summed E-state index contributed by atoms with van der Waals surface area (Å²) in [7, 11) is 0. The first-order chi connectivity index (χ1) is 8.18. The van der Waals surface area contributed by atoms with Gasteiger partial charge < -0.3 is 4.90 Å². The van der Waals surface area contributed by atoms with Gasteiger partial charge in [0.15, 0.2) is 0 Å². The van der Waals surface area contributed by atoms with Gasteiger partial charge in [-0.25, -0.2) is 0 Å². The molecule has 1 N–H and O–H groups in total. The Balaban J connectivity index is 1.81. The average Bonchev–Trinajstić information content (AvgIpc) is 2.69. The molecule has 2 rings (SSSR count). The molecule has 0 aromatic heterocycles. The summed E-state index contributed by atoms with van der Waals surface area (Å²) in [6, 6.07) is 0. The second kappa shape index (κ2) is 5.85. The van der Waals surface area contributed by atoms with Crippen molar-refractivity contribution < 1.29 is 4.79 Å². The Morgan fingerprint density at radius 3 is 2.65 bits per heavy atom. The van der Waals surface area contributed by atoms with E-state index in [0.717, 1.165) is 12.5 Å². The number of hydrogen-bond donors (Lipinski definition) is 1. The van der Waals surface area contributed by atoms with Crippen LogP contribution in [0, 0.1) is 11.8 Å². The summed E-state index contributed by atoms with van der Waals surface area (Å²) in [6.07, 6.45) is 8.43. The van der Waals surface area contributed by atoms with Crippen molar-refractivity contribution in [1.29, 1.82) is 0 Å². The molecule has 0 radical (unpaired) electrons. The number of nitrogens with one attached hydrogen (secondary N) is 1. The van der Waals surface area contributed by atoms with E-state index in [1.54, 1.807) is 0 Å². The Kier molecular flexibility index (Phi) is 4.43. The third-order valence-electron chi connectivity index (χ3n) is 4.25. The first kappa shape index (κ1) is 12.9. The van der Waals surface area contributed by atoms with Crippen LogP contribution in [0.5, 0.6) is 0 Å². The van der Waals surface area contributed by atoms with E-state index in [4.69, 9.17) is 0 Å². The van der Waals surface area contributed by atoms with Crippen molar-refractivity contribution in [1.82, 2.24) is 10.2 Å². The summed E-state index contributed by atoms with van der Waals surface area (Å²) in [5.74, 6) is 1.66. The molecule has 98 valence electrons. The van der Waals surface area contributed by atoms with Gasteiger partial charge in [0.1, 0.15) is 0 Å². The van der Waals surface area contributed by atoms with Crippen molar-refractivity contribution in [2.75, 3.05) is 13.1 Å². The maximum Gasteiger partial charge on any atom is 0.237 e. The van der Waals surface area contributed by atoms with Gasteiger partial charge in [0.25, 0.3) is 0 Å². The van der Waals surface area contributed by atoms with Crippen LogP contribution in [0.1, 0.15) is 52.4 Å². The van der Waals surface area contributed by atoms with Gasteiger partial charge >= 0.3 is 0 Å². The van der Waals surface area contributed by atoms with E-state index in [1.165, 1.54) is 38.5 Å². The van der Waals surface area contributed by atoms with Crippen LogP contribution < -0.4 is 5.32 Å². The Morgan fingerprint density at radius 2 is 2.00 bits per heavy atom. The van der Waals surface area contributed by atoms with E-state index in [-0.39, 0.29) is 6.17 Å². The van der Waals surface area contributed by atoms with E-state index in [1.807, 2.05) is 0 Å². The van der Waals surface area contributed by atoms with Gasteiger partial charge in [0, 0.05) is 6.54 Å². The molecule has 2 aliphatic rings. The molecule has 0 spiro atoms. The first-order valence-electron chi connectivity index (χ1n) is 7.21. The van der Waals surface area contributed by atoms with Crippen LogP contribution in [0.25, 0.3) is 0 Å². The van der Waals surface area contributed by atoms with E-state index in [2.05, 4.69) is 24.1 Å². The lowest BCUT2D eigenvalue weighted by Crippen LogP contribution is -2.42. The molecule has 0 aromatic carbocycles. The van der Waals surface area contributed by atoms with Crippen molar-refractivity contribution >= 4 is 5.91 Å². The monoisotopic (exact) mass is 238 g/mol. The number of hydrogen-bond acceptors (Lipinski definition) is 2. The van der Waals surface area contributed by atoms with Crippen LogP contribution in [0.3, 0.4) is 0 Å². The zero-order chi connectivity index (χ0) is 12.3. The van der Waals surface area contributed by atoms with Crippen LogP contribution in [0.15, 0.2) is 0 Å². The van der Waals surface area contributed by atoms with E-state index >= 15 is 0 Å². The molecule has 1 aliphatic carbocycles. The van der Waals surface area contributed by atoms with Gasteiger partial charge in [-0.3, -0.25) is 10.1 Å². The number of carbonyl (C=O) groups excluding carboxylic acids is 1. The molecule has 3 heteroatoms. The Bertz CT molecular complexity index is 259. The maximum absolute atomic E-state index is 11.8. The summed E-state index contributed by atoms with van der Waals surface area (Å²) in [6.45, 7) is 5.86. The van der Waals surface area contributed by atoms with Gasteiger partial charge in [0.05, 0.1) is 12.7 Å². The summed E-state index contributed by atoms with van der Waals surface area (Å²) >= 11 is 0. The molecule has 1 saturated heterocycles. The highest BCUT2D eigenvalue weighted by atomic mass is 16.2. The predicted molar refractivity (Wildman–Crippen MR) is 69.5 cm³/mol. The van der Waals surface area contributed by atoms with E-state index < -0.39 is 0 Å². The van der Waals surface area contributed by atoms with Gasteiger partial charge in [-0.2, -0.15) is 0 Å². The lowest BCUT2D eigenvalue weighted by molar-refractivity contribution is -0.128. The summed E-state index contributed by atoms with van der Waals surface area (Å²) in [5.41, 5.74) is 0. The summed E-state index contributed by atoms with van der Waals surface area (Å²) in [5, 5.41) is 3.32. The third kappa shape index (κ3) is 3.21. The molecule has 1 heterocycles. The topological polar surface area (TPSA) is 32.3 Å². The molecule has 0 aromatic rings. The highest BCUT2D eigenvalue weighted by Crippen LogP contribution is 2.27. The lowest BCUT2D eigenvalue weighted by atomic mass is 9.87.